The number of aliphatic hydroxyl groups excluding tert-OH is 2. The Morgan fingerprint density at radius 3 is 2.22 bits per heavy atom. The van der Waals surface area contributed by atoms with Crippen molar-refractivity contribution in [2.75, 3.05) is 33.3 Å². The third kappa shape index (κ3) is 9.25. The van der Waals surface area contributed by atoms with Crippen LogP contribution in [0.2, 0.25) is 5.02 Å². The third-order valence-corrected chi connectivity index (χ3v) is 8.66. The lowest BCUT2D eigenvalue weighted by molar-refractivity contribution is -0.138. The van der Waals surface area contributed by atoms with Crippen molar-refractivity contribution in [3.05, 3.63) is 107 Å². The van der Waals surface area contributed by atoms with E-state index in [-0.39, 0.29) is 17.4 Å². The maximum absolute atomic E-state index is 11.9. The van der Waals surface area contributed by atoms with Crippen molar-refractivity contribution in [3.63, 3.8) is 0 Å². The number of methoxy groups -OCH3 is 1. The van der Waals surface area contributed by atoms with Crippen LogP contribution in [-0.4, -0.2) is 70.5 Å². The highest BCUT2D eigenvalue weighted by atomic mass is 35.5. The van der Waals surface area contributed by atoms with Gasteiger partial charge in [-0.15, -0.1) is 0 Å². The first-order valence-electron chi connectivity index (χ1n) is 15.3. The zero-order chi connectivity index (χ0) is 32.3. The van der Waals surface area contributed by atoms with E-state index in [2.05, 4.69) is 53.1 Å². The number of hydrogen-bond donors (Lipinski definition) is 3. The normalized spacial score (nSPS) is 16.0. The lowest BCUT2D eigenvalue weighted by Crippen LogP contribution is -2.51. The maximum Gasteiger partial charge on any atom is 0.334 e. The standard InChI is InChI=1S/C28H35ClN2O2.C8H7FO3/c1-3-4-10-25(31-17-15-30(16-18-31)20-21-8-6-5-7-9-21)28(32)23-11-13-24-22(19-23)12-14-26(33-2)27(24)29;9-8(12)7(11)5-1-3-6(10)4-2-5/h5-9,11-14,19,25,28,32H,3-4,10,15-18,20H2,1-2H3;1-4,7,10-11H/t25-,28-;7-/m00/s1. The van der Waals surface area contributed by atoms with Gasteiger partial charge in [0.25, 0.3) is 0 Å². The van der Waals surface area contributed by atoms with Gasteiger partial charge < -0.3 is 20.1 Å². The predicted molar refractivity (Wildman–Crippen MR) is 176 cm³/mol. The number of phenolic OH excluding ortho intramolecular Hbond substituents is 1. The molecule has 0 amide bonds. The SMILES string of the molecule is CCCC[C@@H]([C@@H](O)c1ccc2c(Cl)c(OC)ccc2c1)N1CCN(Cc2ccccc2)CC1.O=C(F)[C@@H](O)c1ccc(O)cc1. The molecule has 0 unspecified atom stereocenters. The highest BCUT2D eigenvalue weighted by molar-refractivity contribution is 6.37. The fourth-order valence-electron chi connectivity index (χ4n) is 5.69. The van der Waals surface area contributed by atoms with E-state index in [1.807, 2.05) is 24.3 Å². The smallest absolute Gasteiger partial charge is 0.334 e. The van der Waals surface area contributed by atoms with Gasteiger partial charge in [0.05, 0.1) is 18.2 Å². The van der Waals surface area contributed by atoms with Gasteiger partial charge in [-0.2, -0.15) is 4.39 Å². The Balaban J connectivity index is 0.000000323. The molecule has 4 aromatic rings. The second-order valence-electron chi connectivity index (χ2n) is 11.3. The number of unbranched alkanes of at least 4 members (excludes halogenated alkanes) is 1. The fourth-order valence-corrected chi connectivity index (χ4v) is 6.00. The van der Waals surface area contributed by atoms with Crippen molar-refractivity contribution >= 4 is 28.4 Å². The molecule has 240 valence electrons. The molecule has 5 rings (SSSR count). The molecule has 9 heteroatoms. The van der Waals surface area contributed by atoms with Gasteiger partial charge in [0.15, 0.2) is 6.10 Å². The number of carbonyl (C=O) groups excluding carboxylic acids is 1. The van der Waals surface area contributed by atoms with Crippen LogP contribution in [0.15, 0.2) is 84.9 Å². The highest BCUT2D eigenvalue weighted by Crippen LogP contribution is 2.35. The number of aromatic hydroxyl groups is 1. The van der Waals surface area contributed by atoms with E-state index in [1.54, 1.807) is 7.11 Å². The van der Waals surface area contributed by atoms with Crippen molar-refractivity contribution in [2.45, 2.75) is 51.0 Å². The van der Waals surface area contributed by atoms with Gasteiger partial charge in [0, 0.05) is 44.2 Å². The number of halogens is 2. The van der Waals surface area contributed by atoms with E-state index in [0.717, 1.165) is 68.3 Å². The molecule has 1 aliphatic heterocycles. The van der Waals surface area contributed by atoms with Gasteiger partial charge in [-0.1, -0.05) is 92.0 Å². The number of phenols is 1. The summed E-state index contributed by atoms with van der Waals surface area (Å²) in [5, 5.41) is 31.8. The molecule has 0 aromatic heterocycles. The van der Waals surface area contributed by atoms with Crippen LogP contribution in [0.5, 0.6) is 11.5 Å². The third-order valence-electron chi connectivity index (χ3n) is 8.27. The van der Waals surface area contributed by atoms with Crippen molar-refractivity contribution in [3.8, 4) is 11.5 Å². The van der Waals surface area contributed by atoms with E-state index in [4.69, 9.17) is 26.6 Å². The van der Waals surface area contributed by atoms with E-state index < -0.39 is 18.2 Å². The summed E-state index contributed by atoms with van der Waals surface area (Å²) in [5.74, 6) is 0.670. The number of hydrogen-bond acceptors (Lipinski definition) is 7. The first kappa shape index (κ1) is 34.3. The number of carbonyl (C=O) groups is 1. The molecular weight excluding hydrogens is 595 g/mol. The Morgan fingerprint density at radius 2 is 1.60 bits per heavy atom. The molecule has 3 atom stereocenters. The molecule has 45 heavy (non-hydrogen) atoms. The van der Waals surface area contributed by atoms with Crippen molar-refractivity contribution in [1.82, 2.24) is 9.80 Å². The number of fused-ring (bicyclic) bond motifs is 1. The molecule has 7 nitrogen and oxygen atoms in total. The predicted octanol–water partition coefficient (Wildman–Crippen LogP) is 6.83. The van der Waals surface area contributed by atoms with Gasteiger partial charge in [0.2, 0.25) is 0 Å². The van der Waals surface area contributed by atoms with Crippen LogP contribution in [0.25, 0.3) is 10.8 Å². The van der Waals surface area contributed by atoms with Gasteiger partial charge in [0.1, 0.15) is 11.5 Å². The lowest BCUT2D eigenvalue weighted by atomic mass is 9.94. The van der Waals surface area contributed by atoms with Crippen LogP contribution in [0.1, 0.15) is 55.1 Å². The Hall–Kier alpha value is -3.53. The topological polar surface area (TPSA) is 93.5 Å². The van der Waals surface area contributed by atoms with E-state index in [0.29, 0.717) is 10.8 Å². The molecule has 1 heterocycles. The van der Waals surface area contributed by atoms with E-state index in [1.165, 1.54) is 29.8 Å². The Labute approximate surface area is 269 Å². The van der Waals surface area contributed by atoms with Gasteiger partial charge in [-0.25, -0.2) is 0 Å². The average Bonchev–Trinajstić information content (AvgIpc) is 3.06. The molecule has 3 N–H and O–H groups in total. The van der Waals surface area contributed by atoms with Crippen LogP contribution in [0, 0.1) is 0 Å². The summed E-state index contributed by atoms with van der Waals surface area (Å²) in [7, 11) is 1.63. The lowest BCUT2D eigenvalue weighted by Gasteiger charge is -2.41. The Kier molecular flexibility index (Phi) is 12.7. The average molecular weight is 637 g/mol. The number of benzene rings is 4. The Bertz CT molecular complexity index is 1510. The number of ether oxygens (including phenoxy) is 1. The summed E-state index contributed by atoms with van der Waals surface area (Å²) in [5.41, 5.74) is 2.44. The molecule has 0 bridgehead atoms. The molecule has 1 aliphatic rings. The number of piperazine rings is 1. The largest absolute Gasteiger partial charge is 0.508 e. The minimum absolute atomic E-state index is 0.00254. The van der Waals surface area contributed by atoms with Crippen LogP contribution >= 0.6 is 11.6 Å². The van der Waals surface area contributed by atoms with Crippen LogP contribution in [-0.2, 0) is 11.3 Å². The van der Waals surface area contributed by atoms with E-state index >= 15 is 0 Å². The highest BCUT2D eigenvalue weighted by Gasteiger charge is 2.30. The van der Waals surface area contributed by atoms with Crippen molar-refractivity contribution < 1.29 is 29.2 Å². The summed E-state index contributed by atoms with van der Waals surface area (Å²) in [6.07, 6.45) is 0.970. The zero-order valence-corrected chi connectivity index (χ0v) is 26.5. The first-order valence-corrected chi connectivity index (χ1v) is 15.7. The van der Waals surface area contributed by atoms with Crippen LogP contribution in [0.3, 0.4) is 0 Å². The number of nitrogens with zero attached hydrogens (tertiary/aromatic N) is 2. The molecule has 0 radical (unpaired) electrons. The minimum Gasteiger partial charge on any atom is -0.508 e. The van der Waals surface area contributed by atoms with Crippen LogP contribution in [0.4, 0.5) is 4.39 Å². The summed E-state index contributed by atoms with van der Waals surface area (Å²) in [6.45, 7) is 7.22. The molecule has 0 aliphatic carbocycles. The molecule has 1 fully saturated rings. The van der Waals surface area contributed by atoms with Gasteiger partial charge >= 0.3 is 6.04 Å². The van der Waals surface area contributed by atoms with Gasteiger partial charge in [-0.05, 0) is 52.8 Å². The van der Waals surface area contributed by atoms with Crippen molar-refractivity contribution in [1.29, 1.82) is 0 Å². The quantitative estimate of drug-likeness (QED) is 0.155. The van der Waals surface area contributed by atoms with Crippen LogP contribution < -0.4 is 4.74 Å². The molecule has 0 saturated carbocycles. The second kappa shape index (κ2) is 16.7. The number of rotatable bonds is 11. The molecule has 4 aromatic carbocycles. The Morgan fingerprint density at radius 1 is 0.933 bits per heavy atom. The maximum atomic E-state index is 11.9. The summed E-state index contributed by atoms with van der Waals surface area (Å²) in [6, 6.07) is 24.1. The zero-order valence-electron chi connectivity index (χ0n) is 25.8. The first-order chi connectivity index (χ1) is 21.7. The summed E-state index contributed by atoms with van der Waals surface area (Å²) < 4.78 is 17.3. The number of aliphatic hydroxyl groups is 2. The molecule has 1 saturated heterocycles. The summed E-state index contributed by atoms with van der Waals surface area (Å²) >= 11 is 6.50. The monoisotopic (exact) mass is 636 g/mol. The summed E-state index contributed by atoms with van der Waals surface area (Å²) in [4.78, 5) is 15.1. The minimum atomic E-state index is -1.80. The molecule has 0 spiro atoms. The van der Waals surface area contributed by atoms with Crippen molar-refractivity contribution in [2.24, 2.45) is 0 Å². The molecular formula is C36H42ClFN2O5. The fraction of sp³-hybridized carbons (Fsp3) is 0.361. The van der Waals surface area contributed by atoms with Gasteiger partial charge in [-0.3, -0.25) is 14.6 Å². The second-order valence-corrected chi connectivity index (χ2v) is 11.7. The van der Waals surface area contributed by atoms with E-state index in [9.17, 15) is 14.3 Å².